The SMILES string of the molecule is CCCC.CCCCCCCCCCCCCCCCN. The molecule has 0 radical (unpaired) electrons. The zero-order valence-electron chi connectivity index (χ0n) is 15.6. The van der Waals surface area contributed by atoms with Crippen LogP contribution < -0.4 is 5.73 Å². The molecule has 1 nitrogen and oxygen atoms in total. The maximum Gasteiger partial charge on any atom is -0.00773 e. The summed E-state index contributed by atoms with van der Waals surface area (Å²) < 4.78 is 0. The molecule has 0 saturated carbocycles. The van der Waals surface area contributed by atoms with Crippen LogP contribution in [-0.4, -0.2) is 6.54 Å². The van der Waals surface area contributed by atoms with Crippen LogP contribution >= 0.6 is 0 Å². The summed E-state index contributed by atoms with van der Waals surface area (Å²) in [6, 6.07) is 0. The summed E-state index contributed by atoms with van der Waals surface area (Å²) in [5, 5.41) is 0. The first kappa shape index (κ1) is 23.2. The predicted molar refractivity (Wildman–Crippen MR) is 99.9 cm³/mol. The van der Waals surface area contributed by atoms with E-state index in [1.54, 1.807) is 0 Å². The predicted octanol–water partition coefficient (Wildman–Crippen LogP) is 7.23. The summed E-state index contributed by atoms with van der Waals surface area (Å²) in [6.07, 6.45) is 22.5. The standard InChI is InChI=1S/C16H35N.C4H10/c1-2-3-4-5-6-7-8-9-10-11-12-13-14-15-16-17;1-3-4-2/h2-17H2,1H3;3-4H2,1-2H3. The van der Waals surface area contributed by atoms with Crippen LogP contribution in [-0.2, 0) is 0 Å². The van der Waals surface area contributed by atoms with E-state index in [1.807, 2.05) is 0 Å². The number of unbranched alkanes of at least 4 members (excludes halogenated alkanes) is 14. The van der Waals surface area contributed by atoms with Gasteiger partial charge in [-0.25, -0.2) is 0 Å². The van der Waals surface area contributed by atoms with Gasteiger partial charge in [-0.2, -0.15) is 0 Å². The Labute approximate surface area is 136 Å². The highest BCUT2D eigenvalue weighted by Gasteiger charge is 1.93. The van der Waals surface area contributed by atoms with Gasteiger partial charge in [0.25, 0.3) is 0 Å². The Morgan fingerprint density at radius 3 is 0.905 bits per heavy atom. The van der Waals surface area contributed by atoms with Gasteiger partial charge in [-0.05, 0) is 13.0 Å². The molecule has 0 unspecified atom stereocenters. The molecule has 0 aliphatic carbocycles. The van der Waals surface area contributed by atoms with Crippen molar-refractivity contribution in [3.05, 3.63) is 0 Å². The second-order valence-corrected chi connectivity index (χ2v) is 6.38. The van der Waals surface area contributed by atoms with Crippen molar-refractivity contribution in [1.82, 2.24) is 0 Å². The Morgan fingerprint density at radius 1 is 0.381 bits per heavy atom. The van der Waals surface area contributed by atoms with E-state index in [2.05, 4.69) is 20.8 Å². The smallest absolute Gasteiger partial charge is 0.00773 e. The van der Waals surface area contributed by atoms with Crippen molar-refractivity contribution >= 4 is 0 Å². The largest absolute Gasteiger partial charge is 0.330 e. The van der Waals surface area contributed by atoms with E-state index in [9.17, 15) is 0 Å². The summed E-state index contributed by atoms with van der Waals surface area (Å²) in [5.74, 6) is 0. The van der Waals surface area contributed by atoms with Gasteiger partial charge >= 0.3 is 0 Å². The zero-order chi connectivity index (χ0) is 16.0. The quantitative estimate of drug-likeness (QED) is 0.317. The summed E-state index contributed by atoms with van der Waals surface area (Å²) >= 11 is 0. The van der Waals surface area contributed by atoms with Crippen molar-refractivity contribution < 1.29 is 0 Å². The minimum Gasteiger partial charge on any atom is -0.330 e. The van der Waals surface area contributed by atoms with Crippen molar-refractivity contribution in [1.29, 1.82) is 0 Å². The van der Waals surface area contributed by atoms with Crippen LogP contribution in [0.2, 0.25) is 0 Å². The topological polar surface area (TPSA) is 26.0 Å². The fourth-order valence-electron chi connectivity index (χ4n) is 2.34. The molecule has 21 heavy (non-hydrogen) atoms. The minimum atomic E-state index is 0.873. The van der Waals surface area contributed by atoms with Gasteiger partial charge in [0.2, 0.25) is 0 Å². The molecule has 0 atom stereocenters. The molecule has 0 aliphatic heterocycles. The van der Waals surface area contributed by atoms with Gasteiger partial charge < -0.3 is 5.73 Å². The lowest BCUT2D eigenvalue weighted by molar-refractivity contribution is 0.536. The van der Waals surface area contributed by atoms with Gasteiger partial charge in [0.1, 0.15) is 0 Å². The molecular weight excluding hydrogens is 254 g/mol. The third-order valence-corrected chi connectivity index (χ3v) is 4.06. The van der Waals surface area contributed by atoms with Crippen molar-refractivity contribution in [2.45, 2.75) is 124 Å². The Hall–Kier alpha value is -0.0400. The van der Waals surface area contributed by atoms with Crippen LogP contribution in [0.3, 0.4) is 0 Å². The van der Waals surface area contributed by atoms with Gasteiger partial charge in [0.15, 0.2) is 0 Å². The van der Waals surface area contributed by atoms with E-state index in [0.717, 1.165) is 6.54 Å². The van der Waals surface area contributed by atoms with Crippen molar-refractivity contribution in [3.63, 3.8) is 0 Å². The molecule has 0 rings (SSSR count). The highest BCUT2D eigenvalue weighted by Crippen LogP contribution is 2.12. The van der Waals surface area contributed by atoms with Crippen LogP contribution in [0.4, 0.5) is 0 Å². The van der Waals surface area contributed by atoms with E-state index < -0.39 is 0 Å². The lowest BCUT2D eigenvalue weighted by Gasteiger charge is -2.02. The molecule has 0 aromatic carbocycles. The zero-order valence-corrected chi connectivity index (χ0v) is 15.6. The summed E-state index contributed by atoms with van der Waals surface area (Å²) in [6.45, 7) is 7.52. The second kappa shape index (κ2) is 24.9. The van der Waals surface area contributed by atoms with E-state index in [4.69, 9.17) is 5.73 Å². The third kappa shape index (κ3) is 28.8. The molecule has 0 heterocycles. The lowest BCUT2D eigenvalue weighted by Crippen LogP contribution is -1.97. The summed E-state index contributed by atoms with van der Waals surface area (Å²) in [5.41, 5.74) is 5.47. The first-order chi connectivity index (χ1) is 10.3. The molecule has 0 amide bonds. The molecule has 0 saturated heterocycles. The normalized spacial score (nSPS) is 10.3. The Kier molecular flexibility index (Phi) is 27.6. The average Bonchev–Trinajstić information content (AvgIpc) is 2.52. The molecule has 0 fully saturated rings. The van der Waals surface area contributed by atoms with E-state index in [1.165, 1.54) is 103 Å². The number of hydrogen-bond donors (Lipinski definition) is 1. The average molecular weight is 300 g/mol. The molecule has 1 heteroatoms. The molecule has 0 bridgehead atoms. The Morgan fingerprint density at radius 2 is 0.667 bits per heavy atom. The molecule has 0 aromatic heterocycles. The van der Waals surface area contributed by atoms with Gasteiger partial charge in [-0.3, -0.25) is 0 Å². The summed E-state index contributed by atoms with van der Waals surface area (Å²) in [4.78, 5) is 0. The molecule has 130 valence electrons. The number of hydrogen-bond acceptors (Lipinski definition) is 1. The Balaban J connectivity index is 0. The van der Waals surface area contributed by atoms with E-state index >= 15 is 0 Å². The molecule has 0 spiro atoms. The van der Waals surface area contributed by atoms with Gasteiger partial charge in [0, 0.05) is 0 Å². The molecule has 0 aromatic rings. The fraction of sp³-hybridized carbons (Fsp3) is 1.00. The maximum atomic E-state index is 5.47. The van der Waals surface area contributed by atoms with E-state index in [-0.39, 0.29) is 0 Å². The van der Waals surface area contributed by atoms with Crippen LogP contribution in [0.1, 0.15) is 124 Å². The van der Waals surface area contributed by atoms with E-state index in [0.29, 0.717) is 0 Å². The fourth-order valence-corrected chi connectivity index (χ4v) is 2.34. The van der Waals surface area contributed by atoms with Crippen molar-refractivity contribution in [2.24, 2.45) is 5.73 Å². The molecular formula is C20H45N. The summed E-state index contributed by atoms with van der Waals surface area (Å²) in [7, 11) is 0. The number of rotatable bonds is 15. The maximum absolute atomic E-state index is 5.47. The lowest BCUT2D eigenvalue weighted by atomic mass is 10.0. The van der Waals surface area contributed by atoms with Gasteiger partial charge in [-0.1, -0.05) is 117 Å². The first-order valence-electron chi connectivity index (χ1n) is 10.0. The highest BCUT2D eigenvalue weighted by molar-refractivity contribution is 4.49. The first-order valence-corrected chi connectivity index (χ1v) is 10.0. The van der Waals surface area contributed by atoms with Crippen LogP contribution in [0.25, 0.3) is 0 Å². The van der Waals surface area contributed by atoms with Crippen LogP contribution in [0, 0.1) is 0 Å². The monoisotopic (exact) mass is 299 g/mol. The third-order valence-electron chi connectivity index (χ3n) is 4.06. The van der Waals surface area contributed by atoms with Gasteiger partial charge in [0.05, 0.1) is 0 Å². The Bertz CT molecular complexity index is 129. The van der Waals surface area contributed by atoms with Crippen molar-refractivity contribution in [2.75, 3.05) is 6.54 Å². The number of nitrogens with two attached hydrogens (primary N) is 1. The molecule has 0 aliphatic rings. The highest BCUT2D eigenvalue weighted by atomic mass is 14.5. The minimum absolute atomic E-state index is 0.873. The molecule has 2 N–H and O–H groups in total. The second-order valence-electron chi connectivity index (χ2n) is 6.38. The van der Waals surface area contributed by atoms with Gasteiger partial charge in [-0.15, -0.1) is 0 Å². The van der Waals surface area contributed by atoms with Crippen molar-refractivity contribution in [3.8, 4) is 0 Å². The van der Waals surface area contributed by atoms with Crippen LogP contribution in [0.15, 0.2) is 0 Å². The van der Waals surface area contributed by atoms with Crippen LogP contribution in [0.5, 0.6) is 0 Å².